The number of halogens is 1. The molecule has 0 saturated carbocycles. The number of nitrogens with one attached hydrogen (secondary N) is 1. The molecule has 0 aliphatic heterocycles. The second kappa shape index (κ2) is 8.01. The minimum atomic E-state index is -1.18. The summed E-state index contributed by atoms with van der Waals surface area (Å²) in [5.41, 5.74) is 0.969. The SMILES string of the molecule is CCOc1ccc(-c2csc(NC(=O)c3ccccc3F)c2C(=O)O)cc1. The molecular formula is C20H16FNO4S. The van der Waals surface area contributed by atoms with E-state index in [0.29, 0.717) is 23.5 Å². The lowest BCUT2D eigenvalue weighted by molar-refractivity contribution is 0.0699. The lowest BCUT2D eigenvalue weighted by Gasteiger charge is -2.07. The van der Waals surface area contributed by atoms with Crippen molar-refractivity contribution in [1.29, 1.82) is 0 Å². The van der Waals surface area contributed by atoms with Gasteiger partial charge in [0.25, 0.3) is 5.91 Å². The highest BCUT2D eigenvalue weighted by Crippen LogP contribution is 2.36. The highest BCUT2D eigenvalue weighted by Gasteiger charge is 2.22. The molecule has 2 aromatic carbocycles. The van der Waals surface area contributed by atoms with Crippen molar-refractivity contribution < 1.29 is 23.8 Å². The summed E-state index contributed by atoms with van der Waals surface area (Å²) in [5.74, 6) is -1.86. The molecule has 138 valence electrons. The summed E-state index contributed by atoms with van der Waals surface area (Å²) < 4.78 is 19.2. The zero-order valence-corrected chi connectivity index (χ0v) is 15.2. The number of aromatic carboxylic acids is 1. The van der Waals surface area contributed by atoms with Crippen molar-refractivity contribution in [2.24, 2.45) is 0 Å². The van der Waals surface area contributed by atoms with Gasteiger partial charge in [-0.15, -0.1) is 11.3 Å². The number of hydrogen-bond acceptors (Lipinski definition) is 4. The van der Waals surface area contributed by atoms with Crippen LogP contribution in [0, 0.1) is 5.82 Å². The number of carbonyl (C=O) groups is 2. The normalized spacial score (nSPS) is 10.4. The third-order valence-electron chi connectivity index (χ3n) is 3.83. The van der Waals surface area contributed by atoms with Gasteiger partial charge in [-0.2, -0.15) is 0 Å². The van der Waals surface area contributed by atoms with Crippen LogP contribution in [0.4, 0.5) is 9.39 Å². The molecule has 0 fully saturated rings. The molecule has 0 aliphatic rings. The summed E-state index contributed by atoms with van der Waals surface area (Å²) in [6.45, 7) is 2.41. The predicted molar refractivity (Wildman–Crippen MR) is 102 cm³/mol. The fourth-order valence-corrected chi connectivity index (χ4v) is 3.54. The Balaban J connectivity index is 1.93. The van der Waals surface area contributed by atoms with Gasteiger partial charge in [-0.3, -0.25) is 4.79 Å². The van der Waals surface area contributed by atoms with Crippen LogP contribution in [0.3, 0.4) is 0 Å². The maximum atomic E-state index is 13.8. The van der Waals surface area contributed by atoms with Crippen molar-refractivity contribution in [1.82, 2.24) is 0 Å². The average molecular weight is 385 g/mol. The Bertz CT molecular complexity index is 982. The molecule has 3 aromatic rings. The second-order valence-electron chi connectivity index (χ2n) is 5.55. The number of amides is 1. The minimum Gasteiger partial charge on any atom is -0.494 e. The molecule has 0 radical (unpaired) electrons. The summed E-state index contributed by atoms with van der Waals surface area (Å²) in [5, 5.41) is 13.9. The number of hydrogen-bond donors (Lipinski definition) is 2. The van der Waals surface area contributed by atoms with Crippen molar-refractivity contribution in [3.05, 3.63) is 70.9 Å². The number of thiophene rings is 1. The third-order valence-corrected chi connectivity index (χ3v) is 4.72. The Morgan fingerprint density at radius 1 is 1.15 bits per heavy atom. The molecule has 0 atom stereocenters. The monoisotopic (exact) mass is 385 g/mol. The highest BCUT2D eigenvalue weighted by atomic mass is 32.1. The van der Waals surface area contributed by atoms with Crippen LogP contribution in [0.1, 0.15) is 27.6 Å². The maximum Gasteiger partial charge on any atom is 0.339 e. The van der Waals surface area contributed by atoms with Gasteiger partial charge in [0.2, 0.25) is 0 Å². The second-order valence-corrected chi connectivity index (χ2v) is 6.43. The molecule has 3 rings (SSSR count). The largest absolute Gasteiger partial charge is 0.494 e. The Morgan fingerprint density at radius 2 is 1.85 bits per heavy atom. The van der Waals surface area contributed by atoms with E-state index in [1.54, 1.807) is 29.6 Å². The summed E-state index contributed by atoms with van der Waals surface area (Å²) in [6, 6.07) is 12.5. The van der Waals surface area contributed by atoms with Gasteiger partial charge in [0.15, 0.2) is 0 Å². The number of benzene rings is 2. The van der Waals surface area contributed by atoms with Crippen LogP contribution in [0.5, 0.6) is 5.75 Å². The zero-order chi connectivity index (χ0) is 19.4. The van der Waals surface area contributed by atoms with Gasteiger partial charge >= 0.3 is 5.97 Å². The molecule has 1 heterocycles. The summed E-state index contributed by atoms with van der Waals surface area (Å²) >= 11 is 1.08. The molecule has 2 N–H and O–H groups in total. The molecular weight excluding hydrogens is 369 g/mol. The average Bonchev–Trinajstić information content (AvgIpc) is 3.06. The van der Waals surface area contributed by atoms with Crippen LogP contribution in [0.15, 0.2) is 53.9 Å². The number of carbonyl (C=O) groups excluding carboxylic acids is 1. The van der Waals surface area contributed by atoms with Crippen molar-refractivity contribution in [2.75, 3.05) is 11.9 Å². The number of rotatable bonds is 6. The summed E-state index contributed by atoms with van der Waals surface area (Å²) in [4.78, 5) is 24.1. The summed E-state index contributed by atoms with van der Waals surface area (Å²) in [7, 11) is 0. The van der Waals surface area contributed by atoms with Gasteiger partial charge in [0.05, 0.1) is 12.2 Å². The van der Waals surface area contributed by atoms with E-state index < -0.39 is 17.7 Å². The first-order valence-electron chi connectivity index (χ1n) is 8.15. The molecule has 0 saturated heterocycles. The number of carboxylic acid groups (broad SMARTS) is 1. The molecule has 27 heavy (non-hydrogen) atoms. The van der Waals surface area contributed by atoms with Crippen LogP contribution < -0.4 is 10.1 Å². The first-order valence-corrected chi connectivity index (χ1v) is 9.03. The van der Waals surface area contributed by atoms with Gasteiger partial charge in [-0.25, -0.2) is 9.18 Å². The maximum absolute atomic E-state index is 13.8. The molecule has 0 unspecified atom stereocenters. The van der Waals surface area contributed by atoms with Crippen LogP contribution in [0.2, 0.25) is 0 Å². The minimum absolute atomic E-state index is 0.0335. The van der Waals surface area contributed by atoms with Gasteiger partial charge in [0, 0.05) is 10.9 Å². The van der Waals surface area contributed by atoms with Crippen molar-refractivity contribution in [3.63, 3.8) is 0 Å². The fraction of sp³-hybridized carbons (Fsp3) is 0.100. The smallest absolute Gasteiger partial charge is 0.339 e. The van der Waals surface area contributed by atoms with E-state index in [0.717, 1.165) is 11.3 Å². The van der Waals surface area contributed by atoms with Gasteiger partial charge in [0.1, 0.15) is 22.1 Å². The van der Waals surface area contributed by atoms with Gasteiger partial charge < -0.3 is 15.2 Å². The van der Waals surface area contributed by atoms with Crippen LogP contribution in [-0.2, 0) is 0 Å². The Kier molecular flexibility index (Phi) is 5.52. The van der Waals surface area contributed by atoms with Crippen LogP contribution >= 0.6 is 11.3 Å². The molecule has 1 amide bonds. The molecule has 0 bridgehead atoms. The van der Waals surface area contributed by atoms with Crippen molar-refractivity contribution in [2.45, 2.75) is 6.92 Å². The van der Waals surface area contributed by atoms with E-state index in [2.05, 4.69) is 5.32 Å². The lowest BCUT2D eigenvalue weighted by Crippen LogP contribution is -2.15. The van der Waals surface area contributed by atoms with E-state index in [9.17, 15) is 19.1 Å². The van der Waals surface area contributed by atoms with E-state index in [-0.39, 0.29) is 16.1 Å². The standard InChI is InChI=1S/C20H16FNO4S/c1-2-26-13-9-7-12(8-10-13)15-11-27-19(17(15)20(24)25)22-18(23)14-5-3-4-6-16(14)21/h3-11H,2H2,1H3,(H,22,23)(H,24,25). The van der Waals surface area contributed by atoms with Crippen LogP contribution in [-0.4, -0.2) is 23.6 Å². The number of anilines is 1. The van der Waals surface area contributed by atoms with E-state index >= 15 is 0 Å². The Hall–Kier alpha value is -3.19. The van der Waals surface area contributed by atoms with E-state index in [1.807, 2.05) is 6.92 Å². The third kappa shape index (κ3) is 3.98. The quantitative estimate of drug-likeness (QED) is 0.633. The van der Waals surface area contributed by atoms with E-state index in [1.165, 1.54) is 24.3 Å². The summed E-state index contributed by atoms with van der Waals surface area (Å²) in [6.07, 6.45) is 0. The zero-order valence-electron chi connectivity index (χ0n) is 14.4. The molecule has 7 heteroatoms. The number of ether oxygens (including phenoxy) is 1. The van der Waals surface area contributed by atoms with Crippen molar-refractivity contribution >= 4 is 28.2 Å². The number of carboxylic acids is 1. The highest BCUT2D eigenvalue weighted by molar-refractivity contribution is 7.15. The van der Waals surface area contributed by atoms with Crippen molar-refractivity contribution in [3.8, 4) is 16.9 Å². The molecule has 0 aliphatic carbocycles. The lowest BCUT2D eigenvalue weighted by atomic mass is 10.0. The van der Waals surface area contributed by atoms with Crippen LogP contribution in [0.25, 0.3) is 11.1 Å². The van der Waals surface area contributed by atoms with Gasteiger partial charge in [-0.05, 0) is 36.8 Å². The Morgan fingerprint density at radius 3 is 2.48 bits per heavy atom. The first-order chi connectivity index (χ1) is 13.0. The Labute approximate surface area is 159 Å². The predicted octanol–water partition coefficient (Wildman–Crippen LogP) is 4.90. The fourth-order valence-electron chi connectivity index (χ4n) is 2.59. The molecule has 5 nitrogen and oxygen atoms in total. The first kappa shape index (κ1) is 18.6. The molecule has 1 aromatic heterocycles. The van der Waals surface area contributed by atoms with Gasteiger partial charge in [-0.1, -0.05) is 24.3 Å². The topological polar surface area (TPSA) is 75.6 Å². The molecule has 0 spiro atoms. The van der Waals surface area contributed by atoms with E-state index in [4.69, 9.17) is 4.74 Å².